The van der Waals surface area contributed by atoms with E-state index in [1.165, 1.54) is 42.5 Å². The largest absolute Gasteiger partial charge is 1.00 e. The zero-order valence-electron chi connectivity index (χ0n) is 21.9. The summed E-state index contributed by atoms with van der Waals surface area (Å²) in [5.41, 5.74) is 1.75. The van der Waals surface area contributed by atoms with Crippen LogP contribution in [-0.2, 0) is 16.3 Å². The van der Waals surface area contributed by atoms with E-state index in [0.717, 1.165) is 24.0 Å². The average molecular weight is 588 g/mol. The summed E-state index contributed by atoms with van der Waals surface area (Å²) < 4.78 is 31.8. The van der Waals surface area contributed by atoms with E-state index in [0.29, 0.717) is 29.6 Å². The molecule has 0 amide bonds. The summed E-state index contributed by atoms with van der Waals surface area (Å²) >= 11 is 5.97. The predicted molar refractivity (Wildman–Crippen MR) is 147 cm³/mol. The maximum absolute atomic E-state index is 13.1. The Labute approximate surface area is 261 Å². The zero-order chi connectivity index (χ0) is 27.8. The van der Waals surface area contributed by atoms with Gasteiger partial charge in [-0.05, 0) is 91.2 Å². The first kappa shape index (κ1) is 31.8. The smallest absolute Gasteiger partial charge is 0.545 e. The first-order chi connectivity index (χ1) is 18.7. The molecule has 0 saturated heterocycles. The van der Waals surface area contributed by atoms with Crippen molar-refractivity contribution in [2.75, 3.05) is 13.1 Å². The molecule has 0 aliphatic rings. The number of benzene rings is 4. The molecule has 4 aromatic rings. The van der Waals surface area contributed by atoms with Crippen LogP contribution in [0.25, 0.3) is 0 Å². The Balaban J connectivity index is 0.00000441. The van der Waals surface area contributed by atoms with E-state index in [1.54, 1.807) is 48.5 Å². The number of carbonyl (C=O) groups is 1. The summed E-state index contributed by atoms with van der Waals surface area (Å²) in [7, 11) is -3.72. The Morgan fingerprint density at radius 1 is 0.900 bits per heavy atom. The number of carboxylic acid groups (broad SMARTS) is 1. The monoisotopic (exact) mass is 587 g/mol. The molecule has 1 atom stereocenters. The summed E-state index contributed by atoms with van der Waals surface area (Å²) in [6, 6.07) is 25.7. The summed E-state index contributed by atoms with van der Waals surface area (Å²) in [5, 5.41) is 25.1. The van der Waals surface area contributed by atoms with Crippen LogP contribution in [0, 0.1) is 0 Å². The van der Waals surface area contributed by atoms with E-state index in [2.05, 4.69) is 5.32 Å². The van der Waals surface area contributed by atoms with Gasteiger partial charge >= 0.3 is 29.6 Å². The number of nitrogens with one attached hydrogen (secondary N) is 1. The van der Waals surface area contributed by atoms with Crippen LogP contribution in [0.1, 0.15) is 34.0 Å². The normalized spacial score (nSPS) is 11.8. The van der Waals surface area contributed by atoms with Crippen molar-refractivity contribution in [1.29, 1.82) is 0 Å². The van der Waals surface area contributed by atoms with Gasteiger partial charge in [0.2, 0.25) is 9.84 Å². The maximum Gasteiger partial charge on any atom is 1.00 e. The van der Waals surface area contributed by atoms with Gasteiger partial charge in [-0.1, -0.05) is 48.0 Å². The third-order valence-corrected chi connectivity index (χ3v) is 8.08. The van der Waals surface area contributed by atoms with Crippen molar-refractivity contribution >= 4 is 27.4 Å². The number of aliphatic hydroxyl groups excluding tert-OH is 1. The molecule has 0 spiro atoms. The number of rotatable bonds is 12. The number of aryl methyl sites for hydroxylation is 1. The van der Waals surface area contributed by atoms with Crippen molar-refractivity contribution in [3.05, 3.63) is 119 Å². The standard InChI is InChI=1S/C30H28ClNO6S.Na/c31-24-7-1-5-22(18-24)29(33)20-32-17-3-4-21-9-13-27(14-10-21)39(36,37)28-15-11-25(12-16-28)38-26-8-2-6-23(19-26)30(34)35;/h1-2,5-16,18-19,29,32-33H,3-4,17,20H2,(H,34,35);/q;+1/p-1/t29-;/m0./s1. The van der Waals surface area contributed by atoms with Crippen LogP contribution in [0.2, 0.25) is 5.02 Å². The molecule has 4 rings (SSSR count). The second-order valence-electron chi connectivity index (χ2n) is 8.91. The van der Waals surface area contributed by atoms with E-state index < -0.39 is 21.9 Å². The third kappa shape index (κ3) is 8.65. The maximum atomic E-state index is 13.1. The van der Waals surface area contributed by atoms with Gasteiger partial charge in [0.1, 0.15) is 11.5 Å². The average Bonchev–Trinajstić information content (AvgIpc) is 2.93. The molecule has 0 aliphatic carbocycles. The van der Waals surface area contributed by atoms with Gasteiger partial charge in [-0.2, -0.15) is 0 Å². The summed E-state index contributed by atoms with van der Waals surface area (Å²) in [6.07, 6.45) is 0.933. The van der Waals surface area contributed by atoms with Crippen LogP contribution in [0.15, 0.2) is 107 Å². The SMILES string of the molecule is O=C([O-])c1cccc(Oc2ccc(S(=O)(=O)c3ccc(CCCNC[C@H](O)c4cccc(Cl)c4)cc3)cc2)c1.[Na+]. The van der Waals surface area contributed by atoms with Gasteiger partial charge in [0.05, 0.1) is 21.9 Å². The number of aliphatic hydroxyl groups is 1. The summed E-state index contributed by atoms with van der Waals surface area (Å²) in [4.78, 5) is 11.3. The summed E-state index contributed by atoms with van der Waals surface area (Å²) in [6.45, 7) is 1.11. The Kier molecular flexibility index (Phi) is 11.8. The van der Waals surface area contributed by atoms with Gasteiger partial charge in [0, 0.05) is 17.1 Å². The number of carbonyl (C=O) groups excluding carboxylic acids is 1. The number of ether oxygens (including phenoxy) is 1. The van der Waals surface area contributed by atoms with Gasteiger partial charge in [-0.15, -0.1) is 0 Å². The second-order valence-corrected chi connectivity index (χ2v) is 11.3. The number of sulfone groups is 1. The molecule has 4 aromatic carbocycles. The van der Waals surface area contributed by atoms with Crippen LogP contribution in [0.5, 0.6) is 11.5 Å². The molecule has 0 saturated carbocycles. The molecule has 202 valence electrons. The van der Waals surface area contributed by atoms with E-state index in [-0.39, 0.29) is 44.9 Å². The molecule has 0 fully saturated rings. The van der Waals surface area contributed by atoms with E-state index in [4.69, 9.17) is 16.3 Å². The fourth-order valence-electron chi connectivity index (χ4n) is 3.97. The van der Waals surface area contributed by atoms with E-state index >= 15 is 0 Å². The van der Waals surface area contributed by atoms with Crippen molar-refractivity contribution in [2.24, 2.45) is 0 Å². The minimum atomic E-state index is -3.72. The summed E-state index contributed by atoms with van der Waals surface area (Å²) in [5.74, 6) is -0.641. The van der Waals surface area contributed by atoms with Crippen molar-refractivity contribution in [3.63, 3.8) is 0 Å². The molecule has 0 unspecified atom stereocenters. The molecule has 0 aliphatic heterocycles. The van der Waals surface area contributed by atoms with Gasteiger partial charge in [-0.3, -0.25) is 0 Å². The molecule has 0 bridgehead atoms. The Bertz CT molecular complexity index is 1530. The number of aromatic carboxylic acids is 1. The molecule has 40 heavy (non-hydrogen) atoms. The van der Waals surface area contributed by atoms with Crippen LogP contribution in [0.3, 0.4) is 0 Å². The Morgan fingerprint density at radius 3 is 2.20 bits per heavy atom. The molecule has 2 N–H and O–H groups in total. The molecular weight excluding hydrogens is 561 g/mol. The Hall–Kier alpha value is -2.69. The van der Waals surface area contributed by atoms with Crippen LogP contribution < -0.4 is 44.7 Å². The first-order valence-electron chi connectivity index (χ1n) is 12.3. The second kappa shape index (κ2) is 14.8. The van der Waals surface area contributed by atoms with Crippen LogP contribution in [-0.4, -0.2) is 32.6 Å². The molecular formula is C30H27ClNNaO6S. The number of carboxylic acids is 1. The zero-order valence-corrected chi connectivity index (χ0v) is 25.5. The number of halogens is 1. The van der Waals surface area contributed by atoms with E-state index in [9.17, 15) is 23.4 Å². The molecule has 10 heteroatoms. The predicted octanol–water partition coefficient (Wildman–Crippen LogP) is 1.59. The quantitative estimate of drug-likeness (QED) is 0.191. The molecule has 0 radical (unpaired) electrons. The minimum Gasteiger partial charge on any atom is -0.545 e. The van der Waals surface area contributed by atoms with Gasteiger partial charge in [0.15, 0.2) is 0 Å². The van der Waals surface area contributed by atoms with Gasteiger partial charge in [-0.25, -0.2) is 8.42 Å². The van der Waals surface area contributed by atoms with Crippen molar-refractivity contribution in [3.8, 4) is 11.5 Å². The minimum absolute atomic E-state index is 0. The fourth-order valence-corrected chi connectivity index (χ4v) is 5.43. The number of hydrogen-bond acceptors (Lipinski definition) is 7. The third-order valence-electron chi connectivity index (χ3n) is 6.06. The topological polar surface area (TPSA) is 116 Å². The van der Waals surface area contributed by atoms with Crippen molar-refractivity contribution in [1.82, 2.24) is 5.32 Å². The van der Waals surface area contributed by atoms with Gasteiger partial charge < -0.3 is 25.1 Å². The van der Waals surface area contributed by atoms with E-state index in [1.807, 2.05) is 6.07 Å². The molecule has 7 nitrogen and oxygen atoms in total. The van der Waals surface area contributed by atoms with Crippen molar-refractivity contribution < 1.29 is 57.7 Å². The molecule has 0 heterocycles. The first-order valence-corrected chi connectivity index (χ1v) is 14.2. The Morgan fingerprint density at radius 2 is 1.55 bits per heavy atom. The van der Waals surface area contributed by atoms with Gasteiger partial charge in [0.25, 0.3) is 0 Å². The van der Waals surface area contributed by atoms with Crippen LogP contribution in [0.4, 0.5) is 0 Å². The fraction of sp³-hybridized carbons (Fsp3) is 0.167. The van der Waals surface area contributed by atoms with Crippen LogP contribution >= 0.6 is 11.6 Å². The number of hydrogen-bond donors (Lipinski definition) is 2. The van der Waals surface area contributed by atoms with Crippen molar-refractivity contribution in [2.45, 2.75) is 28.7 Å². The molecule has 0 aromatic heterocycles.